The lowest BCUT2D eigenvalue weighted by atomic mass is 9.83. The normalized spacial score (nSPS) is 23.5. The van der Waals surface area contributed by atoms with Crippen LogP contribution < -0.4 is 16.8 Å². The van der Waals surface area contributed by atoms with Gasteiger partial charge in [-0.05, 0) is 13.8 Å². The van der Waals surface area contributed by atoms with Crippen LogP contribution in [0.1, 0.15) is 26.7 Å². The van der Waals surface area contributed by atoms with E-state index in [1.54, 1.807) is 6.92 Å². The van der Waals surface area contributed by atoms with Gasteiger partial charge in [0.15, 0.2) is 0 Å². The Bertz CT molecular complexity index is 1130. The number of aliphatic hydroxyl groups excluding tert-OH is 2. The summed E-state index contributed by atoms with van der Waals surface area (Å²) in [4.78, 5) is 55.9. The van der Waals surface area contributed by atoms with Crippen molar-refractivity contribution in [2.75, 3.05) is 24.6 Å². The number of carbonyl (C=O) groups excluding carboxylic acids is 1. The van der Waals surface area contributed by atoms with E-state index in [0.29, 0.717) is 40.8 Å². The molecule has 16 nitrogen and oxygen atoms in total. The molecule has 1 fully saturated rings. The van der Waals surface area contributed by atoms with Gasteiger partial charge in [-0.3, -0.25) is 19.6 Å². The van der Waals surface area contributed by atoms with Crippen molar-refractivity contribution in [3.05, 3.63) is 21.2 Å². The van der Waals surface area contributed by atoms with Crippen molar-refractivity contribution < 1.29 is 50.2 Å². The molecule has 236 valence electrons. The summed E-state index contributed by atoms with van der Waals surface area (Å²) in [6.07, 6.45) is 1.28. The zero-order valence-electron chi connectivity index (χ0n) is 23.0. The van der Waals surface area contributed by atoms with Crippen molar-refractivity contribution in [2.45, 2.75) is 51.0 Å². The van der Waals surface area contributed by atoms with E-state index < -0.39 is 48.0 Å². The van der Waals surface area contributed by atoms with Crippen LogP contribution in [0.5, 0.6) is 0 Å². The maximum absolute atomic E-state index is 11.9. The highest BCUT2D eigenvalue weighted by Gasteiger charge is 2.56. The van der Waals surface area contributed by atoms with E-state index in [4.69, 9.17) is 21.7 Å². The molecule has 6 atom stereocenters. The number of thioether (sulfide) groups is 2. The van der Waals surface area contributed by atoms with Gasteiger partial charge in [0.05, 0.1) is 49.9 Å². The number of nitrogens with one attached hydrogen (secondary N) is 1. The Morgan fingerprint density at radius 3 is 1.98 bits per heavy atom. The molecule has 0 spiro atoms. The van der Waals surface area contributed by atoms with E-state index in [9.17, 15) is 34.5 Å². The van der Waals surface area contributed by atoms with Crippen LogP contribution in [-0.4, -0.2) is 121 Å². The molecule has 42 heavy (non-hydrogen) atoms. The third-order valence-electron chi connectivity index (χ3n) is 6.56. The van der Waals surface area contributed by atoms with Gasteiger partial charge in [-0.2, -0.15) is 0 Å². The fourth-order valence-electron chi connectivity index (χ4n) is 4.81. The van der Waals surface area contributed by atoms with Crippen molar-refractivity contribution in [3.63, 3.8) is 0 Å². The smallest absolute Gasteiger partial charge is 0.353 e. The first-order valence-corrected chi connectivity index (χ1v) is 14.6. The van der Waals surface area contributed by atoms with E-state index in [-0.39, 0.29) is 35.2 Å². The Morgan fingerprint density at radius 2 is 1.55 bits per heavy atom. The van der Waals surface area contributed by atoms with Crippen molar-refractivity contribution in [1.29, 1.82) is 0 Å². The van der Waals surface area contributed by atoms with Crippen molar-refractivity contribution >= 4 is 60.0 Å². The van der Waals surface area contributed by atoms with E-state index >= 15 is 0 Å². The van der Waals surface area contributed by atoms with Crippen LogP contribution in [0.4, 0.5) is 0 Å². The summed E-state index contributed by atoms with van der Waals surface area (Å²) in [5, 5.41) is 49.5. The van der Waals surface area contributed by atoms with E-state index in [1.807, 2.05) is 0 Å². The molecule has 0 aromatic heterocycles. The fourth-order valence-corrected chi connectivity index (χ4v) is 6.90. The average molecular weight is 635 g/mol. The van der Waals surface area contributed by atoms with Crippen LogP contribution in [0, 0.1) is 11.8 Å². The summed E-state index contributed by atoms with van der Waals surface area (Å²) in [5.41, 5.74) is 10.3. The molecule has 1 amide bonds. The topological polar surface area (TPSA) is 293 Å². The Kier molecular flexibility index (Phi) is 14.8. The fraction of sp³-hybridized carbons (Fsp3) is 0.583. The van der Waals surface area contributed by atoms with Gasteiger partial charge in [-0.25, -0.2) is 9.59 Å². The van der Waals surface area contributed by atoms with E-state index in [0.717, 1.165) is 0 Å². The Morgan fingerprint density at radius 1 is 1.00 bits per heavy atom. The summed E-state index contributed by atoms with van der Waals surface area (Å²) in [5.74, 6) is -4.13. The predicted octanol–water partition coefficient (Wildman–Crippen LogP) is -1.76. The molecule has 3 aliphatic rings. The highest BCUT2D eigenvalue weighted by molar-refractivity contribution is 8.03. The number of nitrogens with two attached hydrogens (primary N) is 2. The molecule has 0 radical (unpaired) electrons. The van der Waals surface area contributed by atoms with Gasteiger partial charge in [0, 0.05) is 40.2 Å². The molecular weight excluding hydrogens is 596 g/mol. The number of fused-ring (bicyclic) bond motifs is 1. The molecule has 0 bridgehead atoms. The van der Waals surface area contributed by atoms with Gasteiger partial charge in [-0.15, -0.1) is 23.5 Å². The van der Waals surface area contributed by atoms with Gasteiger partial charge in [0.1, 0.15) is 17.3 Å². The van der Waals surface area contributed by atoms with Crippen LogP contribution in [0.2, 0.25) is 0 Å². The third-order valence-corrected chi connectivity index (χ3v) is 8.76. The number of carboxylic acid groups (broad SMARTS) is 3. The molecule has 3 heterocycles. The number of aliphatic carboxylic acids is 3. The zero-order chi connectivity index (χ0) is 30.9. The quantitative estimate of drug-likeness (QED) is 0.0454. The molecule has 0 aromatic carbocycles. The number of carboxylic acids is 3. The standard InChI is InChI=1S/C12H19N3O5S.C12H17N3O4S.H2O/c1-6(16)9(11(17)18)7-4-8(10(15-7)12(19)20)21-3-2-14-5-13;1-6(16)9-7-4-8(20-3-2-14-5-13)10(12(18)19)15(7)11(9)17;/h5-7,9,15-16H,2-4H2,1H3,(H2,13,14)(H,17,18)(H,19,20);5-7,9,16H,2-4H2,1H3,(H2,13,14)(H,18,19);1H2/t2*6-,7-,9-;/m11./s1. The summed E-state index contributed by atoms with van der Waals surface area (Å²) in [6, 6.07) is -0.872. The lowest BCUT2D eigenvalue weighted by Crippen LogP contribution is -2.61. The van der Waals surface area contributed by atoms with Crippen molar-refractivity contribution in [1.82, 2.24) is 10.2 Å². The summed E-state index contributed by atoms with van der Waals surface area (Å²) < 4.78 is 0. The van der Waals surface area contributed by atoms with Crippen LogP contribution in [0.25, 0.3) is 0 Å². The average Bonchev–Trinajstić information content (AvgIpc) is 3.43. The molecule has 12 N–H and O–H groups in total. The number of carbonyl (C=O) groups is 4. The highest BCUT2D eigenvalue weighted by Crippen LogP contribution is 2.46. The van der Waals surface area contributed by atoms with Gasteiger partial charge in [-0.1, -0.05) is 0 Å². The minimum absolute atomic E-state index is 0. The number of rotatable bonds is 14. The number of β-lactam (4-membered cyclic amide) rings is 1. The van der Waals surface area contributed by atoms with Gasteiger partial charge >= 0.3 is 17.9 Å². The third kappa shape index (κ3) is 8.84. The van der Waals surface area contributed by atoms with Crippen molar-refractivity contribution in [2.24, 2.45) is 33.3 Å². The second kappa shape index (κ2) is 17.0. The molecule has 0 saturated carbocycles. The van der Waals surface area contributed by atoms with Crippen LogP contribution >= 0.6 is 23.5 Å². The summed E-state index contributed by atoms with van der Waals surface area (Å²) in [6.45, 7) is 3.88. The molecule has 1 saturated heterocycles. The zero-order valence-corrected chi connectivity index (χ0v) is 24.7. The first kappa shape index (κ1) is 36.7. The van der Waals surface area contributed by atoms with E-state index in [2.05, 4.69) is 15.3 Å². The molecule has 3 aliphatic heterocycles. The Hall–Kier alpha value is -3.32. The number of hydrogen-bond donors (Lipinski definition) is 8. The highest BCUT2D eigenvalue weighted by atomic mass is 32.2. The van der Waals surface area contributed by atoms with Gasteiger partial charge in [0.25, 0.3) is 0 Å². The minimum Gasteiger partial charge on any atom is -0.481 e. The molecule has 0 aliphatic carbocycles. The molecular formula is C24H38N6O10S2. The number of amides is 1. The minimum atomic E-state index is -1.16. The maximum Gasteiger partial charge on any atom is 0.353 e. The predicted molar refractivity (Wildman–Crippen MR) is 158 cm³/mol. The molecule has 0 unspecified atom stereocenters. The largest absolute Gasteiger partial charge is 0.481 e. The number of hydrogen-bond acceptors (Lipinski definition) is 11. The van der Waals surface area contributed by atoms with E-state index in [1.165, 1.54) is 48.0 Å². The lowest BCUT2D eigenvalue weighted by molar-refractivity contribution is -0.161. The number of aliphatic hydroxyl groups is 2. The summed E-state index contributed by atoms with van der Waals surface area (Å²) in [7, 11) is 0. The molecule has 3 rings (SSSR count). The van der Waals surface area contributed by atoms with Gasteiger partial charge < -0.3 is 52.7 Å². The Labute approximate surface area is 250 Å². The maximum atomic E-state index is 11.9. The first-order valence-electron chi connectivity index (χ1n) is 12.6. The van der Waals surface area contributed by atoms with Crippen LogP contribution in [0.15, 0.2) is 31.2 Å². The molecule has 18 heteroatoms. The van der Waals surface area contributed by atoms with Crippen molar-refractivity contribution in [3.8, 4) is 0 Å². The Balaban J connectivity index is 0.000000410. The molecule has 0 aromatic rings. The lowest BCUT2D eigenvalue weighted by Gasteiger charge is -2.44. The van der Waals surface area contributed by atoms with Gasteiger partial charge in [0.2, 0.25) is 5.91 Å². The second-order valence-electron chi connectivity index (χ2n) is 9.29. The SMILES string of the molecule is C[C@@H](O)[C@@H](C(=O)O)[C@H]1CC(SCCN=CN)=C(C(=O)O)N1.C[C@@H](O)[C@H]1C(=O)N2C(C(=O)O)=C(SCCN=CN)C[C@H]12.O. The first-order chi connectivity index (χ1) is 19.4. The second-order valence-corrected chi connectivity index (χ2v) is 11.7. The van der Waals surface area contributed by atoms with Crippen LogP contribution in [-0.2, 0) is 19.2 Å². The van der Waals surface area contributed by atoms with Crippen LogP contribution in [0.3, 0.4) is 0 Å². The number of aliphatic imine (C=N–C) groups is 2. The monoisotopic (exact) mass is 634 g/mol. The summed E-state index contributed by atoms with van der Waals surface area (Å²) >= 11 is 2.68. The number of nitrogens with zero attached hydrogens (tertiary/aromatic N) is 3.